The quantitative estimate of drug-likeness (QED) is 0.649. The normalized spacial score (nSPS) is 13.6. The molecule has 0 aliphatic heterocycles. The lowest BCUT2D eigenvalue weighted by atomic mass is 10.1. The fourth-order valence-corrected chi connectivity index (χ4v) is 4.93. The highest BCUT2D eigenvalue weighted by atomic mass is 32.1. The molecule has 0 unspecified atom stereocenters. The van der Waals surface area contributed by atoms with Gasteiger partial charge in [0.25, 0.3) is 5.91 Å². The van der Waals surface area contributed by atoms with Crippen LogP contribution in [0.15, 0.2) is 42.7 Å². The molecule has 2 amide bonds. The number of para-hydroxylation sites is 1. The number of anilines is 1. The Labute approximate surface area is 167 Å². The van der Waals surface area contributed by atoms with Gasteiger partial charge in [-0.2, -0.15) is 5.10 Å². The Bertz CT molecular complexity index is 1010. The van der Waals surface area contributed by atoms with E-state index in [0.29, 0.717) is 10.6 Å². The Balaban J connectivity index is 1.50. The molecule has 0 saturated heterocycles. The van der Waals surface area contributed by atoms with Crippen molar-refractivity contribution in [3.05, 3.63) is 64.3 Å². The molecule has 2 aromatic heterocycles. The summed E-state index contributed by atoms with van der Waals surface area (Å²) >= 11 is 1.49. The zero-order valence-electron chi connectivity index (χ0n) is 15.5. The van der Waals surface area contributed by atoms with Crippen molar-refractivity contribution in [2.75, 3.05) is 5.32 Å². The van der Waals surface area contributed by atoms with Crippen LogP contribution in [0.2, 0.25) is 0 Å². The molecule has 28 heavy (non-hydrogen) atoms. The zero-order valence-corrected chi connectivity index (χ0v) is 16.3. The van der Waals surface area contributed by atoms with E-state index in [1.807, 2.05) is 36.5 Å². The fraction of sp³-hybridized carbons (Fsp3) is 0.286. The molecular weight excluding hydrogens is 372 g/mol. The van der Waals surface area contributed by atoms with Gasteiger partial charge in [-0.25, -0.2) is 4.68 Å². The number of nitrogens with zero attached hydrogens (tertiary/aromatic N) is 2. The van der Waals surface area contributed by atoms with Crippen molar-refractivity contribution < 1.29 is 9.59 Å². The van der Waals surface area contributed by atoms with Crippen molar-refractivity contribution >= 4 is 28.2 Å². The SMILES string of the molecule is NC(=O)c1c(NC(=O)Cc2cnn(-c3ccccc3)c2)sc2c1CCCCC2. The third-order valence-electron chi connectivity index (χ3n) is 4.94. The lowest BCUT2D eigenvalue weighted by Crippen LogP contribution is -2.19. The Hall–Kier alpha value is -2.93. The van der Waals surface area contributed by atoms with E-state index < -0.39 is 5.91 Å². The van der Waals surface area contributed by atoms with Crippen LogP contribution in [0, 0.1) is 0 Å². The van der Waals surface area contributed by atoms with Crippen molar-refractivity contribution in [1.29, 1.82) is 0 Å². The third kappa shape index (κ3) is 3.84. The van der Waals surface area contributed by atoms with Crippen LogP contribution in [0.5, 0.6) is 0 Å². The molecule has 1 aromatic carbocycles. The largest absolute Gasteiger partial charge is 0.365 e. The maximum Gasteiger partial charge on any atom is 0.251 e. The molecule has 0 fully saturated rings. The second-order valence-corrected chi connectivity index (χ2v) is 8.09. The molecule has 3 N–H and O–H groups in total. The highest BCUT2D eigenvalue weighted by Gasteiger charge is 2.24. The van der Waals surface area contributed by atoms with E-state index in [1.165, 1.54) is 16.2 Å². The topological polar surface area (TPSA) is 90.0 Å². The molecule has 6 nitrogen and oxygen atoms in total. The summed E-state index contributed by atoms with van der Waals surface area (Å²) in [6.07, 6.45) is 8.83. The maximum absolute atomic E-state index is 12.6. The number of primary amides is 1. The zero-order chi connectivity index (χ0) is 19.5. The average Bonchev–Trinajstić information content (AvgIpc) is 3.20. The van der Waals surface area contributed by atoms with E-state index in [4.69, 9.17) is 5.73 Å². The molecule has 0 atom stereocenters. The van der Waals surface area contributed by atoms with Crippen LogP contribution in [-0.4, -0.2) is 21.6 Å². The monoisotopic (exact) mass is 394 g/mol. The van der Waals surface area contributed by atoms with Gasteiger partial charge in [0, 0.05) is 11.1 Å². The Kier molecular flexibility index (Phi) is 5.25. The van der Waals surface area contributed by atoms with Gasteiger partial charge in [0.15, 0.2) is 0 Å². The van der Waals surface area contributed by atoms with E-state index >= 15 is 0 Å². The van der Waals surface area contributed by atoms with Crippen molar-refractivity contribution in [2.45, 2.75) is 38.5 Å². The number of hydrogen-bond acceptors (Lipinski definition) is 4. The number of fused-ring (bicyclic) bond motifs is 1. The van der Waals surface area contributed by atoms with Crippen LogP contribution in [0.1, 0.15) is 45.6 Å². The molecule has 3 aromatic rings. The van der Waals surface area contributed by atoms with Gasteiger partial charge in [-0.15, -0.1) is 11.3 Å². The summed E-state index contributed by atoms with van der Waals surface area (Å²) in [5.74, 6) is -0.641. The van der Waals surface area contributed by atoms with Gasteiger partial charge < -0.3 is 11.1 Å². The molecule has 1 aliphatic rings. The van der Waals surface area contributed by atoms with Crippen LogP contribution in [0.25, 0.3) is 5.69 Å². The number of carbonyl (C=O) groups is 2. The summed E-state index contributed by atoms with van der Waals surface area (Å²) in [5, 5.41) is 7.81. The van der Waals surface area contributed by atoms with Gasteiger partial charge in [0.1, 0.15) is 5.00 Å². The van der Waals surface area contributed by atoms with Crippen LogP contribution < -0.4 is 11.1 Å². The van der Waals surface area contributed by atoms with Gasteiger partial charge >= 0.3 is 0 Å². The van der Waals surface area contributed by atoms with Crippen LogP contribution in [0.3, 0.4) is 0 Å². The van der Waals surface area contributed by atoms with Gasteiger partial charge in [-0.05, 0) is 48.9 Å². The smallest absolute Gasteiger partial charge is 0.251 e. The first-order chi connectivity index (χ1) is 13.6. The molecule has 2 heterocycles. The number of aryl methyl sites for hydroxylation is 1. The number of carbonyl (C=O) groups excluding carboxylic acids is 2. The number of amides is 2. The highest BCUT2D eigenvalue weighted by Crippen LogP contribution is 2.37. The first-order valence-electron chi connectivity index (χ1n) is 9.45. The summed E-state index contributed by atoms with van der Waals surface area (Å²) in [7, 11) is 0. The fourth-order valence-electron chi connectivity index (χ4n) is 3.62. The van der Waals surface area contributed by atoms with Crippen molar-refractivity contribution in [3.8, 4) is 5.69 Å². The van der Waals surface area contributed by atoms with Gasteiger partial charge in [-0.3, -0.25) is 9.59 Å². The minimum atomic E-state index is -0.466. The molecule has 1 aliphatic carbocycles. The minimum absolute atomic E-state index is 0.175. The Morgan fingerprint density at radius 2 is 1.93 bits per heavy atom. The summed E-state index contributed by atoms with van der Waals surface area (Å²) in [6, 6.07) is 9.73. The van der Waals surface area contributed by atoms with E-state index in [0.717, 1.165) is 48.9 Å². The second kappa shape index (κ2) is 7.98. The van der Waals surface area contributed by atoms with E-state index in [9.17, 15) is 9.59 Å². The van der Waals surface area contributed by atoms with Crippen LogP contribution >= 0.6 is 11.3 Å². The van der Waals surface area contributed by atoms with Gasteiger partial charge in [0.05, 0.1) is 23.9 Å². The summed E-state index contributed by atoms with van der Waals surface area (Å²) in [4.78, 5) is 25.8. The summed E-state index contributed by atoms with van der Waals surface area (Å²) < 4.78 is 1.74. The first kappa shape index (κ1) is 18.4. The lowest BCUT2D eigenvalue weighted by Gasteiger charge is -2.05. The molecule has 0 bridgehead atoms. The number of rotatable bonds is 5. The minimum Gasteiger partial charge on any atom is -0.365 e. The standard InChI is InChI=1S/C21H22N4O2S/c22-20(27)19-16-9-5-2-6-10-17(16)28-21(19)24-18(26)11-14-12-23-25(13-14)15-7-3-1-4-8-15/h1,3-4,7-8,12-13H,2,5-6,9-11H2,(H2,22,27)(H,24,26). The van der Waals surface area contributed by atoms with Gasteiger partial charge in [0.2, 0.25) is 5.91 Å². The third-order valence-corrected chi connectivity index (χ3v) is 6.15. The molecule has 0 radical (unpaired) electrons. The average molecular weight is 395 g/mol. The van der Waals surface area contributed by atoms with Crippen molar-refractivity contribution in [1.82, 2.24) is 9.78 Å². The second-order valence-electron chi connectivity index (χ2n) is 6.99. The van der Waals surface area contributed by atoms with E-state index in [2.05, 4.69) is 10.4 Å². The number of benzene rings is 1. The highest BCUT2D eigenvalue weighted by molar-refractivity contribution is 7.17. The number of hydrogen-bond donors (Lipinski definition) is 2. The maximum atomic E-state index is 12.6. The van der Waals surface area contributed by atoms with Gasteiger partial charge in [-0.1, -0.05) is 24.6 Å². The first-order valence-corrected chi connectivity index (χ1v) is 10.3. The Morgan fingerprint density at radius 1 is 1.14 bits per heavy atom. The van der Waals surface area contributed by atoms with E-state index in [1.54, 1.807) is 10.9 Å². The molecule has 144 valence electrons. The molecular formula is C21H22N4O2S. The number of thiophene rings is 1. The summed E-state index contributed by atoms with van der Waals surface area (Å²) in [6.45, 7) is 0. The molecule has 7 heteroatoms. The molecule has 0 saturated carbocycles. The van der Waals surface area contributed by atoms with Crippen LogP contribution in [-0.2, 0) is 24.1 Å². The van der Waals surface area contributed by atoms with E-state index in [-0.39, 0.29) is 12.3 Å². The number of nitrogens with two attached hydrogens (primary N) is 1. The van der Waals surface area contributed by atoms with Crippen molar-refractivity contribution in [2.24, 2.45) is 5.73 Å². The van der Waals surface area contributed by atoms with Crippen LogP contribution in [0.4, 0.5) is 5.00 Å². The number of nitrogens with one attached hydrogen (secondary N) is 1. The molecule has 4 rings (SSSR count). The predicted octanol–water partition coefficient (Wildman–Crippen LogP) is 3.48. The lowest BCUT2D eigenvalue weighted by molar-refractivity contribution is -0.115. The summed E-state index contributed by atoms with van der Waals surface area (Å²) in [5.41, 5.74) is 8.90. The Morgan fingerprint density at radius 3 is 2.71 bits per heavy atom. The predicted molar refractivity (Wildman–Crippen MR) is 110 cm³/mol. The number of aromatic nitrogens is 2. The molecule has 0 spiro atoms. The van der Waals surface area contributed by atoms with Crippen molar-refractivity contribution in [3.63, 3.8) is 0 Å².